The lowest BCUT2D eigenvalue weighted by Crippen LogP contribution is -2.10. The summed E-state index contributed by atoms with van der Waals surface area (Å²) in [7, 11) is 0. The SMILES string of the molecule is O=C(OCCCc1ccncc1)c1ccc(F)cc1[N+](=O)[O-]. The van der Waals surface area contributed by atoms with Gasteiger partial charge in [-0.15, -0.1) is 0 Å². The zero-order chi connectivity index (χ0) is 15.9. The molecule has 1 aromatic carbocycles. The molecule has 0 aliphatic carbocycles. The number of benzene rings is 1. The number of hydrogen-bond donors (Lipinski definition) is 0. The highest BCUT2D eigenvalue weighted by Gasteiger charge is 2.22. The fraction of sp³-hybridized carbons (Fsp3) is 0.200. The summed E-state index contributed by atoms with van der Waals surface area (Å²) in [6.07, 6.45) is 4.61. The van der Waals surface area contributed by atoms with Crippen molar-refractivity contribution in [2.45, 2.75) is 12.8 Å². The predicted molar refractivity (Wildman–Crippen MR) is 75.9 cm³/mol. The van der Waals surface area contributed by atoms with Crippen molar-refractivity contribution in [3.8, 4) is 0 Å². The third-order valence-electron chi connectivity index (χ3n) is 2.97. The molecule has 1 heterocycles. The molecule has 0 spiro atoms. The highest BCUT2D eigenvalue weighted by Crippen LogP contribution is 2.20. The van der Waals surface area contributed by atoms with Gasteiger partial charge in [-0.3, -0.25) is 15.1 Å². The lowest BCUT2D eigenvalue weighted by Gasteiger charge is -2.05. The van der Waals surface area contributed by atoms with E-state index in [0.29, 0.717) is 18.9 Å². The Kier molecular flexibility index (Phi) is 5.13. The van der Waals surface area contributed by atoms with Gasteiger partial charge in [-0.05, 0) is 42.7 Å². The summed E-state index contributed by atoms with van der Waals surface area (Å²) >= 11 is 0. The number of carbonyl (C=O) groups excluding carboxylic acids is 1. The fourth-order valence-corrected chi connectivity index (χ4v) is 1.90. The van der Waals surface area contributed by atoms with Crippen LogP contribution in [0.5, 0.6) is 0 Å². The van der Waals surface area contributed by atoms with E-state index in [0.717, 1.165) is 17.7 Å². The number of pyridine rings is 1. The van der Waals surface area contributed by atoms with E-state index < -0.39 is 22.4 Å². The first-order valence-corrected chi connectivity index (χ1v) is 6.58. The fourth-order valence-electron chi connectivity index (χ4n) is 1.90. The van der Waals surface area contributed by atoms with E-state index in [-0.39, 0.29) is 12.2 Å². The maximum absolute atomic E-state index is 13.0. The van der Waals surface area contributed by atoms with Crippen LogP contribution in [0.3, 0.4) is 0 Å². The summed E-state index contributed by atoms with van der Waals surface area (Å²) in [4.78, 5) is 25.7. The topological polar surface area (TPSA) is 82.3 Å². The van der Waals surface area contributed by atoms with Crippen LogP contribution in [-0.2, 0) is 11.2 Å². The molecule has 2 aromatic rings. The number of aromatic nitrogens is 1. The molecule has 114 valence electrons. The summed E-state index contributed by atoms with van der Waals surface area (Å²) in [6, 6.07) is 6.45. The standard InChI is InChI=1S/C15H13FN2O4/c16-12-3-4-13(14(10-12)18(20)21)15(19)22-9-1-2-11-5-7-17-8-6-11/h3-8,10H,1-2,9H2. The minimum Gasteiger partial charge on any atom is -0.462 e. The molecule has 22 heavy (non-hydrogen) atoms. The van der Waals surface area contributed by atoms with E-state index >= 15 is 0 Å². The molecule has 0 unspecified atom stereocenters. The number of rotatable bonds is 6. The van der Waals surface area contributed by atoms with Gasteiger partial charge in [-0.25, -0.2) is 9.18 Å². The summed E-state index contributed by atoms with van der Waals surface area (Å²) in [5, 5.41) is 10.8. The Morgan fingerprint density at radius 3 is 2.68 bits per heavy atom. The molecule has 0 saturated heterocycles. The van der Waals surface area contributed by atoms with Gasteiger partial charge in [0.25, 0.3) is 5.69 Å². The molecule has 2 rings (SSSR count). The maximum Gasteiger partial charge on any atom is 0.345 e. The molecular weight excluding hydrogens is 291 g/mol. The van der Waals surface area contributed by atoms with E-state index in [2.05, 4.69) is 4.98 Å². The van der Waals surface area contributed by atoms with Crippen molar-refractivity contribution in [1.82, 2.24) is 4.98 Å². The Balaban J connectivity index is 1.91. The zero-order valence-electron chi connectivity index (χ0n) is 11.6. The zero-order valence-corrected chi connectivity index (χ0v) is 11.6. The third-order valence-corrected chi connectivity index (χ3v) is 2.97. The first-order valence-electron chi connectivity index (χ1n) is 6.58. The second-order valence-corrected chi connectivity index (χ2v) is 4.51. The maximum atomic E-state index is 13.0. The van der Waals surface area contributed by atoms with Crippen molar-refractivity contribution in [3.05, 3.63) is 69.8 Å². The first kappa shape index (κ1) is 15.6. The van der Waals surface area contributed by atoms with Gasteiger partial charge in [-0.1, -0.05) is 0 Å². The molecule has 0 fully saturated rings. The van der Waals surface area contributed by atoms with Crippen LogP contribution in [0, 0.1) is 15.9 Å². The quantitative estimate of drug-likeness (QED) is 0.354. The Labute approximate surface area is 125 Å². The van der Waals surface area contributed by atoms with Crippen LogP contribution in [0.4, 0.5) is 10.1 Å². The summed E-state index contributed by atoms with van der Waals surface area (Å²) < 4.78 is 18.0. The number of esters is 1. The second kappa shape index (κ2) is 7.26. The number of halogens is 1. The monoisotopic (exact) mass is 304 g/mol. The highest BCUT2D eigenvalue weighted by molar-refractivity contribution is 5.93. The third kappa shape index (κ3) is 4.08. The Morgan fingerprint density at radius 1 is 1.27 bits per heavy atom. The van der Waals surface area contributed by atoms with Crippen molar-refractivity contribution < 1.29 is 18.8 Å². The average Bonchev–Trinajstić information content (AvgIpc) is 2.52. The minimum absolute atomic E-state index is 0.121. The first-order chi connectivity index (χ1) is 10.6. The number of carbonyl (C=O) groups is 1. The number of nitro groups is 1. The van der Waals surface area contributed by atoms with E-state index in [4.69, 9.17) is 4.74 Å². The molecule has 0 aliphatic rings. The molecular formula is C15H13FN2O4. The van der Waals surface area contributed by atoms with Crippen LogP contribution in [0.2, 0.25) is 0 Å². The van der Waals surface area contributed by atoms with Crippen LogP contribution in [0.15, 0.2) is 42.7 Å². The summed E-state index contributed by atoms with van der Waals surface area (Å²) in [5.41, 5.74) is 0.202. The lowest BCUT2D eigenvalue weighted by molar-refractivity contribution is -0.385. The Bertz CT molecular complexity index is 676. The van der Waals surface area contributed by atoms with Gasteiger partial charge in [-0.2, -0.15) is 0 Å². The molecule has 0 amide bonds. The van der Waals surface area contributed by atoms with Gasteiger partial charge < -0.3 is 4.74 Å². The van der Waals surface area contributed by atoms with Crippen LogP contribution >= 0.6 is 0 Å². The predicted octanol–water partition coefficient (Wildman–Crippen LogP) is 2.92. The van der Waals surface area contributed by atoms with Gasteiger partial charge in [0, 0.05) is 12.4 Å². The number of ether oxygens (including phenoxy) is 1. The summed E-state index contributed by atoms with van der Waals surface area (Å²) in [6.45, 7) is 0.121. The van der Waals surface area contributed by atoms with Gasteiger partial charge in [0.1, 0.15) is 11.4 Å². The average molecular weight is 304 g/mol. The van der Waals surface area contributed by atoms with Gasteiger partial charge in [0.15, 0.2) is 0 Å². The normalized spacial score (nSPS) is 10.2. The molecule has 0 saturated carbocycles. The molecule has 6 nitrogen and oxygen atoms in total. The molecule has 0 N–H and O–H groups in total. The van der Waals surface area contributed by atoms with Crippen molar-refractivity contribution in [2.24, 2.45) is 0 Å². The van der Waals surface area contributed by atoms with Crippen molar-refractivity contribution in [3.63, 3.8) is 0 Å². The molecule has 1 aromatic heterocycles. The molecule has 0 bridgehead atoms. The van der Waals surface area contributed by atoms with Crippen molar-refractivity contribution >= 4 is 11.7 Å². The molecule has 7 heteroatoms. The number of nitrogens with zero attached hydrogens (tertiary/aromatic N) is 2. The largest absolute Gasteiger partial charge is 0.462 e. The van der Waals surface area contributed by atoms with Crippen LogP contribution < -0.4 is 0 Å². The van der Waals surface area contributed by atoms with Crippen LogP contribution in [0.25, 0.3) is 0 Å². The number of nitro benzene ring substituents is 1. The van der Waals surface area contributed by atoms with Crippen LogP contribution in [0.1, 0.15) is 22.3 Å². The van der Waals surface area contributed by atoms with Gasteiger partial charge in [0.05, 0.1) is 17.6 Å². The van der Waals surface area contributed by atoms with E-state index in [1.165, 1.54) is 0 Å². The van der Waals surface area contributed by atoms with E-state index in [1.54, 1.807) is 12.4 Å². The van der Waals surface area contributed by atoms with Gasteiger partial charge in [0.2, 0.25) is 0 Å². The lowest BCUT2D eigenvalue weighted by atomic mass is 10.1. The molecule has 0 atom stereocenters. The second-order valence-electron chi connectivity index (χ2n) is 4.51. The van der Waals surface area contributed by atoms with Crippen molar-refractivity contribution in [1.29, 1.82) is 0 Å². The van der Waals surface area contributed by atoms with E-state index in [1.807, 2.05) is 12.1 Å². The minimum atomic E-state index is -0.832. The molecule has 0 radical (unpaired) electrons. The van der Waals surface area contributed by atoms with Crippen LogP contribution in [-0.4, -0.2) is 22.5 Å². The molecule has 0 aliphatic heterocycles. The van der Waals surface area contributed by atoms with Gasteiger partial charge >= 0.3 is 5.97 Å². The van der Waals surface area contributed by atoms with Crippen molar-refractivity contribution in [2.75, 3.05) is 6.61 Å². The Morgan fingerprint density at radius 2 is 2.00 bits per heavy atom. The smallest absolute Gasteiger partial charge is 0.345 e. The van der Waals surface area contributed by atoms with E-state index in [9.17, 15) is 19.3 Å². The number of hydrogen-bond acceptors (Lipinski definition) is 5. The summed E-state index contributed by atoms with van der Waals surface area (Å²) in [5.74, 6) is -1.61. The highest BCUT2D eigenvalue weighted by atomic mass is 19.1. The number of aryl methyl sites for hydroxylation is 1. The Hall–Kier alpha value is -2.83.